The summed E-state index contributed by atoms with van der Waals surface area (Å²) in [5.41, 5.74) is 0.508. The fraction of sp³-hybridized carbons (Fsp3) is 0.385. The second-order valence-corrected chi connectivity index (χ2v) is 4.95. The van der Waals surface area contributed by atoms with Crippen molar-refractivity contribution in [3.63, 3.8) is 0 Å². The number of carbonyl (C=O) groups excluding carboxylic acids is 1. The Labute approximate surface area is 115 Å². The van der Waals surface area contributed by atoms with Gasteiger partial charge in [-0.25, -0.2) is 14.6 Å². The van der Waals surface area contributed by atoms with Crippen LogP contribution in [0.2, 0.25) is 0 Å². The number of hydrogen-bond acceptors (Lipinski definition) is 5. The molecule has 0 unspecified atom stereocenters. The van der Waals surface area contributed by atoms with E-state index in [1.54, 1.807) is 18.5 Å². The van der Waals surface area contributed by atoms with Crippen molar-refractivity contribution < 1.29 is 9.90 Å². The number of nitrogens with one attached hydrogen (secondary N) is 1. The largest absolute Gasteiger partial charge is 0.393 e. The molecule has 2 heterocycles. The second-order valence-electron chi connectivity index (χ2n) is 4.95. The number of aliphatic hydroxyl groups excluding tert-OH is 1. The van der Waals surface area contributed by atoms with E-state index in [4.69, 9.17) is 0 Å². The summed E-state index contributed by atoms with van der Waals surface area (Å²) in [7, 11) is 0. The summed E-state index contributed by atoms with van der Waals surface area (Å²) in [5, 5.41) is 16.0. The molecule has 7 heteroatoms. The zero-order valence-corrected chi connectivity index (χ0v) is 10.8. The predicted molar refractivity (Wildman–Crippen MR) is 70.2 cm³/mol. The van der Waals surface area contributed by atoms with Crippen LogP contribution in [0.15, 0.2) is 31.0 Å². The molecule has 104 valence electrons. The molecule has 2 aromatic heterocycles. The van der Waals surface area contributed by atoms with Crippen molar-refractivity contribution in [3.05, 3.63) is 36.5 Å². The summed E-state index contributed by atoms with van der Waals surface area (Å²) in [6.45, 7) is 0.598. The maximum absolute atomic E-state index is 11.9. The number of aliphatic hydroxyl groups is 1. The molecule has 1 aliphatic carbocycles. The minimum Gasteiger partial charge on any atom is -0.393 e. The summed E-state index contributed by atoms with van der Waals surface area (Å²) in [4.78, 5) is 19.9. The normalized spacial score (nSPS) is 21.2. The van der Waals surface area contributed by atoms with Gasteiger partial charge in [0.25, 0.3) is 5.91 Å². The van der Waals surface area contributed by atoms with Crippen molar-refractivity contribution in [1.82, 2.24) is 25.1 Å². The standard InChI is InChI=1S/C13H15N5O2/c19-11-3-9(4-11)5-16-13(20)10-1-2-12(15-6-10)18-8-14-7-17-18/h1-2,6-9,11,19H,3-5H2,(H,16,20). The average molecular weight is 273 g/mol. The van der Waals surface area contributed by atoms with Crippen molar-refractivity contribution in [2.75, 3.05) is 6.54 Å². The van der Waals surface area contributed by atoms with Crippen LogP contribution in [0.1, 0.15) is 23.2 Å². The number of carbonyl (C=O) groups is 1. The molecule has 3 rings (SSSR count). The molecule has 20 heavy (non-hydrogen) atoms. The summed E-state index contributed by atoms with van der Waals surface area (Å²) >= 11 is 0. The van der Waals surface area contributed by atoms with Gasteiger partial charge in [-0.2, -0.15) is 5.10 Å². The predicted octanol–water partition coefficient (Wildman–Crippen LogP) is 0.163. The molecule has 2 N–H and O–H groups in total. The summed E-state index contributed by atoms with van der Waals surface area (Å²) < 4.78 is 1.53. The van der Waals surface area contributed by atoms with E-state index in [0.29, 0.717) is 23.8 Å². The zero-order valence-electron chi connectivity index (χ0n) is 10.8. The highest BCUT2D eigenvalue weighted by Gasteiger charge is 2.27. The molecule has 7 nitrogen and oxygen atoms in total. The van der Waals surface area contributed by atoms with Crippen LogP contribution in [-0.4, -0.2) is 43.4 Å². The van der Waals surface area contributed by atoms with Gasteiger partial charge in [-0.05, 0) is 30.9 Å². The van der Waals surface area contributed by atoms with Gasteiger partial charge in [0.15, 0.2) is 5.82 Å². The van der Waals surface area contributed by atoms with Crippen molar-refractivity contribution >= 4 is 5.91 Å². The van der Waals surface area contributed by atoms with E-state index < -0.39 is 0 Å². The Kier molecular flexibility index (Phi) is 3.42. The van der Waals surface area contributed by atoms with Crippen molar-refractivity contribution in [1.29, 1.82) is 0 Å². The van der Waals surface area contributed by atoms with Crippen LogP contribution in [0.5, 0.6) is 0 Å². The number of hydrogen-bond donors (Lipinski definition) is 2. The molecule has 1 saturated carbocycles. The van der Waals surface area contributed by atoms with Gasteiger partial charge in [0.2, 0.25) is 0 Å². The Bertz CT molecular complexity index is 575. The van der Waals surface area contributed by atoms with Crippen LogP contribution in [0.25, 0.3) is 5.82 Å². The molecule has 0 spiro atoms. The van der Waals surface area contributed by atoms with Gasteiger partial charge in [-0.3, -0.25) is 4.79 Å². The highest BCUT2D eigenvalue weighted by molar-refractivity contribution is 5.93. The minimum absolute atomic E-state index is 0.149. The lowest BCUT2D eigenvalue weighted by Gasteiger charge is -2.31. The number of nitrogens with zero attached hydrogens (tertiary/aromatic N) is 4. The molecule has 0 aromatic carbocycles. The molecule has 2 aromatic rings. The molecule has 0 radical (unpaired) electrons. The third kappa shape index (κ3) is 2.67. The van der Waals surface area contributed by atoms with Gasteiger partial charge < -0.3 is 10.4 Å². The van der Waals surface area contributed by atoms with E-state index in [0.717, 1.165) is 12.8 Å². The van der Waals surface area contributed by atoms with Gasteiger partial charge in [0.05, 0.1) is 11.7 Å². The lowest BCUT2D eigenvalue weighted by molar-refractivity contribution is 0.0420. The highest BCUT2D eigenvalue weighted by Crippen LogP contribution is 2.26. The number of rotatable bonds is 4. The Morgan fingerprint density at radius 1 is 1.45 bits per heavy atom. The smallest absolute Gasteiger partial charge is 0.252 e. The SMILES string of the molecule is O=C(NCC1CC(O)C1)c1ccc(-n2cncn2)nc1. The maximum Gasteiger partial charge on any atom is 0.252 e. The van der Waals surface area contributed by atoms with E-state index in [-0.39, 0.29) is 12.0 Å². The summed E-state index contributed by atoms with van der Waals surface area (Å²) in [6.07, 6.45) is 5.83. The Balaban J connectivity index is 1.58. The topological polar surface area (TPSA) is 92.9 Å². The van der Waals surface area contributed by atoms with E-state index in [1.165, 1.54) is 17.2 Å². The Hall–Kier alpha value is -2.28. The van der Waals surface area contributed by atoms with Gasteiger partial charge in [-0.15, -0.1) is 0 Å². The van der Waals surface area contributed by atoms with E-state index in [2.05, 4.69) is 20.4 Å². The molecule has 1 aliphatic rings. The van der Waals surface area contributed by atoms with Crippen LogP contribution in [0, 0.1) is 5.92 Å². The lowest BCUT2D eigenvalue weighted by Crippen LogP contribution is -2.38. The summed E-state index contributed by atoms with van der Waals surface area (Å²) in [5.74, 6) is 0.849. The molecular formula is C13H15N5O2. The zero-order chi connectivity index (χ0) is 13.9. The third-order valence-electron chi connectivity index (χ3n) is 3.43. The molecule has 1 fully saturated rings. The first-order valence-electron chi connectivity index (χ1n) is 6.49. The van der Waals surface area contributed by atoms with Gasteiger partial charge >= 0.3 is 0 Å². The molecule has 1 amide bonds. The Morgan fingerprint density at radius 3 is 2.90 bits per heavy atom. The third-order valence-corrected chi connectivity index (χ3v) is 3.43. The Morgan fingerprint density at radius 2 is 2.30 bits per heavy atom. The van der Waals surface area contributed by atoms with E-state index in [9.17, 15) is 9.90 Å². The van der Waals surface area contributed by atoms with E-state index in [1.807, 2.05) is 0 Å². The monoisotopic (exact) mass is 273 g/mol. The number of pyridine rings is 1. The summed E-state index contributed by atoms with van der Waals surface area (Å²) in [6, 6.07) is 3.42. The van der Waals surface area contributed by atoms with Gasteiger partial charge in [0.1, 0.15) is 12.7 Å². The highest BCUT2D eigenvalue weighted by atomic mass is 16.3. The van der Waals surface area contributed by atoms with Crippen LogP contribution >= 0.6 is 0 Å². The van der Waals surface area contributed by atoms with Crippen molar-refractivity contribution in [2.24, 2.45) is 5.92 Å². The van der Waals surface area contributed by atoms with Gasteiger partial charge in [0, 0.05) is 12.7 Å². The first-order valence-corrected chi connectivity index (χ1v) is 6.49. The second kappa shape index (κ2) is 5.38. The lowest BCUT2D eigenvalue weighted by atomic mass is 9.82. The molecule has 0 aliphatic heterocycles. The molecule has 0 saturated heterocycles. The average Bonchev–Trinajstić information content (AvgIpc) is 2.96. The molecule has 0 atom stereocenters. The van der Waals surface area contributed by atoms with Crippen LogP contribution in [0.4, 0.5) is 0 Å². The van der Waals surface area contributed by atoms with Crippen LogP contribution < -0.4 is 5.32 Å². The minimum atomic E-state index is -0.194. The fourth-order valence-electron chi connectivity index (χ4n) is 2.19. The number of aromatic nitrogens is 4. The van der Waals surface area contributed by atoms with E-state index >= 15 is 0 Å². The first-order chi connectivity index (χ1) is 9.72. The first kappa shape index (κ1) is 12.7. The van der Waals surface area contributed by atoms with Crippen LogP contribution in [-0.2, 0) is 0 Å². The van der Waals surface area contributed by atoms with Gasteiger partial charge in [-0.1, -0.05) is 0 Å². The maximum atomic E-state index is 11.9. The molecular weight excluding hydrogens is 258 g/mol. The molecule has 0 bridgehead atoms. The quantitative estimate of drug-likeness (QED) is 0.828. The fourth-order valence-corrected chi connectivity index (χ4v) is 2.19. The van der Waals surface area contributed by atoms with Crippen LogP contribution in [0.3, 0.4) is 0 Å². The number of amides is 1. The van der Waals surface area contributed by atoms with Crippen molar-refractivity contribution in [2.45, 2.75) is 18.9 Å². The van der Waals surface area contributed by atoms with Crippen molar-refractivity contribution in [3.8, 4) is 5.82 Å².